The van der Waals surface area contributed by atoms with Gasteiger partial charge in [-0.25, -0.2) is 0 Å². The standard InChI is InChI=1S/C17H15BrN2/c18-16-5-1-3-13(10-16)11-19-12-14-6-7-17-15(9-14)4-2-8-20-17/h1-10,19H,11-12H2. The van der Waals surface area contributed by atoms with E-state index in [0.717, 1.165) is 23.1 Å². The summed E-state index contributed by atoms with van der Waals surface area (Å²) in [6.07, 6.45) is 1.83. The lowest BCUT2D eigenvalue weighted by Crippen LogP contribution is -2.12. The third-order valence-electron chi connectivity index (χ3n) is 3.21. The van der Waals surface area contributed by atoms with Crippen LogP contribution in [0.25, 0.3) is 10.9 Å². The van der Waals surface area contributed by atoms with Crippen LogP contribution in [0.3, 0.4) is 0 Å². The molecule has 0 aliphatic rings. The van der Waals surface area contributed by atoms with E-state index >= 15 is 0 Å². The van der Waals surface area contributed by atoms with E-state index in [2.05, 4.69) is 68.7 Å². The Bertz CT molecular complexity index is 725. The van der Waals surface area contributed by atoms with Crippen molar-refractivity contribution >= 4 is 26.8 Å². The molecule has 2 nitrogen and oxygen atoms in total. The van der Waals surface area contributed by atoms with Crippen molar-refractivity contribution in [3.8, 4) is 0 Å². The molecule has 0 amide bonds. The molecule has 0 radical (unpaired) electrons. The van der Waals surface area contributed by atoms with Crippen LogP contribution in [0.15, 0.2) is 65.3 Å². The maximum atomic E-state index is 4.33. The molecule has 0 atom stereocenters. The average molecular weight is 327 g/mol. The maximum Gasteiger partial charge on any atom is 0.0702 e. The van der Waals surface area contributed by atoms with E-state index < -0.39 is 0 Å². The molecule has 0 fully saturated rings. The summed E-state index contributed by atoms with van der Waals surface area (Å²) in [7, 11) is 0. The van der Waals surface area contributed by atoms with Crippen LogP contribution in [0.5, 0.6) is 0 Å². The van der Waals surface area contributed by atoms with Crippen LogP contribution < -0.4 is 5.32 Å². The number of halogens is 1. The quantitative estimate of drug-likeness (QED) is 0.773. The van der Waals surface area contributed by atoms with E-state index in [-0.39, 0.29) is 0 Å². The summed E-state index contributed by atoms with van der Waals surface area (Å²) in [6, 6.07) is 18.8. The second kappa shape index (κ2) is 6.16. The first kappa shape index (κ1) is 13.3. The van der Waals surface area contributed by atoms with Crippen LogP contribution in [0.1, 0.15) is 11.1 Å². The molecule has 3 rings (SSSR count). The highest BCUT2D eigenvalue weighted by Gasteiger charge is 1.98. The number of rotatable bonds is 4. The lowest BCUT2D eigenvalue weighted by Gasteiger charge is -2.06. The molecule has 0 saturated heterocycles. The topological polar surface area (TPSA) is 24.9 Å². The SMILES string of the molecule is Brc1cccc(CNCc2ccc3ncccc3c2)c1. The Morgan fingerprint density at radius 3 is 2.60 bits per heavy atom. The van der Waals surface area contributed by atoms with Gasteiger partial charge in [-0.15, -0.1) is 0 Å². The molecule has 1 N–H and O–H groups in total. The van der Waals surface area contributed by atoms with Gasteiger partial charge < -0.3 is 5.32 Å². The van der Waals surface area contributed by atoms with Crippen LogP contribution in [0.4, 0.5) is 0 Å². The molecule has 100 valence electrons. The molecular weight excluding hydrogens is 312 g/mol. The van der Waals surface area contributed by atoms with Gasteiger partial charge >= 0.3 is 0 Å². The molecule has 0 aliphatic heterocycles. The van der Waals surface area contributed by atoms with Gasteiger partial charge in [-0.1, -0.05) is 40.2 Å². The molecular formula is C17H15BrN2. The summed E-state index contributed by atoms with van der Waals surface area (Å²) < 4.78 is 1.12. The predicted molar refractivity (Wildman–Crippen MR) is 86.4 cm³/mol. The molecule has 0 spiro atoms. The van der Waals surface area contributed by atoms with Crippen molar-refractivity contribution in [2.24, 2.45) is 0 Å². The minimum atomic E-state index is 0.858. The van der Waals surface area contributed by atoms with Gasteiger partial charge in [-0.05, 0) is 41.5 Å². The number of pyridine rings is 1. The van der Waals surface area contributed by atoms with Crippen LogP contribution >= 0.6 is 15.9 Å². The van der Waals surface area contributed by atoms with E-state index in [1.54, 1.807) is 0 Å². The Morgan fingerprint density at radius 2 is 1.75 bits per heavy atom. The molecule has 1 aromatic heterocycles. The third-order valence-corrected chi connectivity index (χ3v) is 3.71. The number of fused-ring (bicyclic) bond motifs is 1. The summed E-state index contributed by atoms with van der Waals surface area (Å²) in [5.41, 5.74) is 3.60. The summed E-state index contributed by atoms with van der Waals surface area (Å²) in [6.45, 7) is 1.72. The van der Waals surface area contributed by atoms with E-state index in [1.807, 2.05) is 18.3 Å². The lowest BCUT2D eigenvalue weighted by molar-refractivity contribution is 0.693. The Balaban J connectivity index is 1.65. The van der Waals surface area contributed by atoms with Gasteiger partial charge in [0.2, 0.25) is 0 Å². The van der Waals surface area contributed by atoms with Crippen molar-refractivity contribution in [2.75, 3.05) is 0 Å². The van der Waals surface area contributed by atoms with E-state index in [1.165, 1.54) is 16.5 Å². The normalized spacial score (nSPS) is 10.8. The van der Waals surface area contributed by atoms with Crippen LogP contribution in [0, 0.1) is 0 Å². The molecule has 3 aromatic rings. The molecule has 0 unspecified atom stereocenters. The van der Waals surface area contributed by atoms with Crippen molar-refractivity contribution in [1.29, 1.82) is 0 Å². The zero-order valence-corrected chi connectivity index (χ0v) is 12.6. The van der Waals surface area contributed by atoms with Gasteiger partial charge in [-0.2, -0.15) is 0 Å². The second-order valence-electron chi connectivity index (χ2n) is 4.76. The minimum absolute atomic E-state index is 0.858. The van der Waals surface area contributed by atoms with Crippen molar-refractivity contribution < 1.29 is 0 Å². The molecule has 2 aromatic carbocycles. The van der Waals surface area contributed by atoms with Gasteiger partial charge in [0.25, 0.3) is 0 Å². The first-order valence-corrected chi connectivity index (χ1v) is 7.39. The molecule has 0 saturated carbocycles. The lowest BCUT2D eigenvalue weighted by atomic mass is 10.1. The Labute approximate surface area is 127 Å². The summed E-state index contributed by atoms with van der Waals surface area (Å²) >= 11 is 3.49. The largest absolute Gasteiger partial charge is 0.309 e. The second-order valence-corrected chi connectivity index (χ2v) is 5.68. The summed E-state index contributed by atoms with van der Waals surface area (Å²) in [5, 5.41) is 4.66. The zero-order valence-electron chi connectivity index (χ0n) is 11.0. The van der Waals surface area contributed by atoms with Gasteiger partial charge in [-0.3, -0.25) is 4.98 Å². The van der Waals surface area contributed by atoms with E-state index in [0.29, 0.717) is 0 Å². The van der Waals surface area contributed by atoms with Crippen molar-refractivity contribution in [3.63, 3.8) is 0 Å². The van der Waals surface area contributed by atoms with E-state index in [4.69, 9.17) is 0 Å². The Kier molecular flexibility index (Phi) is 4.09. The van der Waals surface area contributed by atoms with Gasteiger partial charge in [0.15, 0.2) is 0 Å². The Morgan fingerprint density at radius 1 is 0.900 bits per heavy atom. The zero-order chi connectivity index (χ0) is 13.8. The highest BCUT2D eigenvalue weighted by atomic mass is 79.9. The Hall–Kier alpha value is -1.71. The summed E-state index contributed by atoms with van der Waals surface area (Å²) in [5.74, 6) is 0. The average Bonchev–Trinajstić information content (AvgIpc) is 2.47. The fourth-order valence-electron chi connectivity index (χ4n) is 2.23. The molecule has 20 heavy (non-hydrogen) atoms. The molecule has 0 bridgehead atoms. The van der Waals surface area contributed by atoms with Crippen molar-refractivity contribution in [1.82, 2.24) is 10.3 Å². The number of hydrogen-bond donors (Lipinski definition) is 1. The fourth-order valence-corrected chi connectivity index (χ4v) is 2.68. The van der Waals surface area contributed by atoms with Crippen LogP contribution in [-0.4, -0.2) is 4.98 Å². The first-order valence-electron chi connectivity index (χ1n) is 6.60. The first-order chi connectivity index (χ1) is 9.81. The molecule has 3 heteroatoms. The monoisotopic (exact) mass is 326 g/mol. The van der Waals surface area contributed by atoms with Crippen molar-refractivity contribution in [2.45, 2.75) is 13.1 Å². The minimum Gasteiger partial charge on any atom is -0.309 e. The van der Waals surface area contributed by atoms with Crippen LogP contribution in [0.2, 0.25) is 0 Å². The summed E-state index contributed by atoms with van der Waals surface area (Å²) in [4.78, 5) is 4.33. The fraction of sp³-hybridized carbons (Fsp3) is 0.118. The molecule has 1 heterocycles. The van der Waals surface area contributed by atoms with Gasteiger partial charge in [0.1, 0.15) is 0 Å². The number of aromatic nitrogens is 1. The number of nitrogens with one attached hydrogen (secondary N) is 1. The maximum absolute atomic E-state index is 4.33. The highest BCUT2D eigenvalue weighted by molar-refractivity contribution is 9.10. The number of benzene rings is 2. The number of hydrogen-bond acceptors (Lipinski definition) is 2. The van der Waals surface area contributed by atoms with Gasteiger partial charge in [0, 0.05) is 29.1 Å². The van der Waals surface area contributed by atoms with Gasteiger partial charge in [0.05, 0.1) is 5.52 Å². The predicted octanol–water partition coefficient (Wildman–Crippen LogP) is 4.29. The molecule has 0 aliphatic carbocycles. The van der Waals surface area contributed by atoms with E-state index in [9.17, 15) is 0 Å². The van der Waals surface area contributed by atoms with Crippen LogP contribution in [-0.2, 0) is 13.1 Å². The van der Waals surface area contributed by atoms with Crippen molar-refractivity contribution in [3.05, 3.63) is 76.4 Å². The third kappa shape index (κ3) is 3.24. The number of nitrogens with zero attached hydrogens (tertiary/aromatic N) is 1. The highest BCUT2D eigenvalue weighted by Crippen LogP contribution is 2.14. The smallest absolute Gasteiger partial charge is 0.0702 e.